The van der Waals surface area contributed by atoms with Gasteiger partial charge in [-0.05, 0) is 31.2 Å². The molecule has 4 rings (SSSR count). The van der Waals surface area contributed by atoms with Gasteiger partial charge in [0.1, 0.15) is 11.5 Å². The van der Waals surface area contributed by atoms with E-state index in [1.807, 2.05) is 6.92 Å². The number of carboxylic acids is 1. The van der Waals surface area contributed by atoms with E-state index in [1.54, 1.807) is 12.1 Å². The van der Waals surface area contributed by atoms with Gasteiger partial charge in [0, 0.05) is 40.8 Å². The number of hydrogen-bond acceptors (Lipinski definition) is 6. The molecule has 1 atom stereocenters. The number of benzene rings is 2. The summed E-state index contributed by atoms with van der Waals surface area (Å²) in [6.07, 6.45) is -3.57. The van der Waals surface area contributed by atoms with Crippen molar-refractivity contribution in [3.8, 4) is 11.5 Å². The van der Waals surface area contributed by atoms with Crippen molar-refractivity contribution in [1.29, 1.82) is 0 Å². The normalized spacial score (nSPS) is 15.9. The number of fused-ring (bicyclic) bond motifs is 3. The summed E-state index contributed by atoms with van der Waals surface area (Å²) in [5.41, 5.74) is 1.35. The highest BCUT2D eigenvalue weighted by atomic mass is 35.5. The summed E-state index contributed by atoms with van der Waals surface area (Å²) >= 11 is 12.1. The maximum Gasteiger partial charge on any atom is 0.490 e. The average Bonchev–Trinajstić information content (AvgIpc) is 3.10. The molecule has 2 heterocycles. The van der Waals surface area contributed by atoms with Crippen LogP contribution in [0.2, 0.25) is 10.0 Å². The first-order valence-corrected chi connectivity index (χ1v) is 12.1. The van der Waals surface area contributed by atoms with Crippen LogP contribution < -0.4 is 14.8 Å². The molecule has 0 saturated heterocycles. The molecule has 1 unspecified atom stereocenters. The van der Waals surface area contributed by atoms with Crippen molar-refractivity contribution < 1.29 is 41.0 Å². The quantitative estimate of drug-likeness (QED) is 0.475. The number of carbonyl (C=O) groups is 1. The summed E-state index contributed by atoms with van der Waals surface area (Å²) in [5.74, 6) is -1.64. The zero-order chi connectivity index (χ0) is 26.1. The third-order valence-corrected chi connectivity index (χ3v) is 7.45. The Morgan fingerprint density at radius 3 is 2.49 bits per heavy atom. The standard InChI is InChI=1S/C19H18Cl2N2O4S.C2HF3O2/c1-11-18-13-5-7-23(28(24,25)17-4-3-12(20)9-14(17)21)15(13)10-16(26-2)19(18)27-8-6-22-11;3-2(4,5)1(6)7/h3-5,7,9-11,22H,6,8H2,1-2H3;(H,6,7). The lowest BCUT2D eigenvalue weighted by Gasteiger charge is -2.18. The number of aliphatic carboxylic acids is 1. The van der Waals surface area contributed by atoms with E-state index in [4.69, 9.17) is 42.6 Å². The molecule has 35 heavy (non-hydrogen) atoms. The van der Waals surface area contributed by atoms with E-state index in [2.05, 4.69) is 5.32 Å². The van der Waals surface area contributed by atoms with Gasteiger partial charge in [-0.15, -0.1) is 0 Å². The lowest BCUT2D eigenvalue weighted by Crippen LogP contribution is -2.21. The summed E-state index contributed by atoms with van der Waals surface area (Å²) < 4.78 is 70.9. The molecule has 8 nitrogen and oxygen atoms in total. The smallest absolute Gasteiger partial charge is 0.490 e. The number of alkyl halides is 3. The molecule has 2 N–H and O–H groups in total. The number of methoxy groups -OCH3 is 1. The molecule has 1 aliphatic heterocycles. The molecule has 0 aliphatic carbocycles. The monoisotopic (exact) mass is 554 g/mol. The zero-order valence-corrected chi connectivity index (χ0v) is 20.5. The predicted molar refractivity (Wildman–Crippen MR) is 123 cm³/mol. The van der Waals surface area contributed by atoms with E-state index in [0.717, 1.165) is 10.9 Å². The Bertz CT molecular complexity index is 1380. The molecule has 0 fully saturated rings. The van der Waals surface area contributed by atoms with E-state index < -0.39 is 22.2 Å². The van der Waals surface area contributed by atoms with Crippen LogP contribution in [0.25, 0.3) is 10.9 Å². The molecule has 190 valence electrons. The molecule has 0 spiro atoms. The first-order valence-electron chi connectivity index (χ1n) is 9.88. The number of aromatic nitrogens is 1. The molecule has 1 aliphatic rings. The van der Waals surface area contributed by atoms with Gasteiger partial charge in [0.05, 0.1) is 17.6 Å². The second-order valence-corrected chi connectivity index (χ2v) is 9.90. The van der Waals surface area contributed by atoms with E-state index >= 15 is 0 Å². The van der Waals surface area contributed by atoms with Gasteiger partial charge in [-0.2, -0.15) is 13.2 Å². The van der Waals surface area contributed by atoms with E-state index in [1.165, 1.54) is 35.5 Å². The SMILES string of the molecule is COc1cc2c(ccn2S(=O)(=O)c2ccc(Cl)cc2Cl)c2c1OCCNC2C.O=C(O)C(F)(F)F. The summed E-state index contributed by atoms with van der Waals surface area (Å²) in [5, 5.41) is 11.7. The molecule has 14 heteroatoms. The number of carboxylic acid groups (broad SMARTS) is 1. The molecule has 0 radical (unpaired) electrons. The highest BCUT2D eigenvalue weighted by Crippen LogP contribution is 2.43. The predicted octanol–water partition coefficient (Wildman–Crippen LogP) is 4.87. The van der Waals surface area contributed by atoms with Gasteiger partial charge in [-0.25, -0.2) is 17.2 Å². The van der Waals surface area contributed by atoms with Crippen LogP contribution in [0.5, 0.6) is 11.5 Å². The summed E-state index contributed by atoms with van der Waals surface area (Å²) in [6.45, 7) is 3.19. The molecular formula is C21H19Cl2F3N2O6S. The summed E-state index contributed by atoms with van der Waals surface area (Å²) in [4.78, 5) is 8.87. The maximum absolute atomic E-state index is 13.3. The van der Waals surface area contributed by atoms with Crippen molar-refractivity contribution in [1.82, 2.24) is 9.29 Å². The van der Waals surface area contributed by atoms with Gasteiger partial charge in [0.15, 0.2) is 11.5 Å². The highest BCUT2D eigenvalue weighted by molar-refractivity contribution is 7.90. The number of ether oxygens (including phenoxy) is 2. The fourth-order valence-electron chi connectivity index (χ4n) is 3.50. The van der Waals surface area contributed by atoms with Crippen molar-refractivity contribution >= 4 is 50.1 Å². The van der Waals surface area contributed by atoms with E-state index in [-0.39, 0.29) is 16.0 Å². The van der Waals surface area contributed by atoms with Crippen LogP contribution in [0.3, 0.4) is 0 Å². The number of hydrogen-bond donors (Lipinski definition) is 2. The molecule has 0 amide bonds. The van der Waals surface area contributed by atoms with Crippen molar-refractivity contribution in [3.05, 3.63) is 52.1 Å². The van der Waals surface area contributed by atoms with Crippen molar-refractivity contribution in [3.63, 3.8) is 0 Å². The Morgan fingerprint density at radius 1 is 1.26 bits per heavy atom. The first kappa shape index (κ1) is 26.9. The lowest BCUT2D eigenvalue weighted by molar-refractivity contribution is -0.192. The van der Waals surface area contributed by atoms with Crippen molar-refractivity contribution in [2.24, 2.45) is 0 Å². The second kappa shape index (κ2) is 10.1. The van der Waals surface area contributed by atoms with Crippen LogP contribution in [0.15, 0.2) is 41.4 Å². The lowest BCUT2D eigenvalue weighted by atomic mass is 10.0. The van der Waals surface area contributed by atoms with Crippen molar-refractivity contribution in [2.75, 3.05) is 20.3 Å². The highest BCUT2D eigenvalue weighted by Gasteiger charge is 2.38. The average molecular weight is 555 g/mol. The Labute approximate surface area is 208 Å². The van der Waals surface area contributed by atoms with E-state index in [9.17, 15) is 21.6 Å². The van der Waals surface area contributed by atoms with Gasteiger partial charge in [0.2, 0.25) is 0 Å². The van der Waals surface area contributed by atoms with Crippen LogP contribution in [-0.4, -0.2) is 49.9 Å². The summed E-state index contributed by atoms with van der Waals surface area (Å²) in [6, 6.07) is 7.72. The van der Waals surface area contributed by atoms with Gasteiger partial charge in [-0.3, -0.25) is 0 Å². The molecule has 0 bridgehead atoms. The Morgan fingerprint density at radius 2 is 1.91 bits per heavy atom. The number of rotatable bonds is 3. The number of nitrogens with one attached hydrogen (secondary N) is 1. The molecule has 3 aromatic rings. The van der Waals surface area contributed by atoms with Crippen LogP contribution >= 0.6 is 23.2 Å². The largest absolute Gasteiger partial charge is 0.493 e. The van der Waals surface area contributed by atoms with Gasteiger partial charge in [-0.1, -0.05) is 23.2 Å². The topological polar surface area (TPSA) is 107 Å². The molecule has 1 aromatic heterocycles. The van der Waals surface area contributed by atoms with Gasteiger partial charge < -0.3 is 19.9 Å². The fraction of sp³-hybridized carbons (Fsp3) is 0.286. The van der Waals surface area contributed by atoms with Gasteiger partial charge >= 0.3 is 12.1 Å². The second-order valence-electron chi connectivity index (χ2n) is 7.27. The Kier molecular flexibility index (Phi) is 7.80. The minimum absolute atomic E-state index is 0.0209. The van der Waals surface area contributed by atoms with Crippen LogP contribution in [0, 0.1) is 0 Å². The molecule has 2 aromatic carbocycles. The Balaban J connectivity index is 0.000000429. The van der Waals surface area contributed by atoms with Crippen LogP contribution in [0.1, 0.15) is 18.5 Å². The van der Waals surface area contributed by atoms with Gasteiger partial charge in [0.25, 0.3) is 10.0 Å². The minimum Gasteiger partial charge on any atom is -0.493 e. The zero-order valence-electron chi connectivity index (χ0n) is 18.2. The minimum atomic E-state index is -5.08. The molecular weight excluding hydrogens is 536 g/mol. The first-order chi connectivity index (χ1) is 16.3. The third kappa shape index (κ3) is 5.45. The summed E-state index contributed by atoms with van der Waals surface area (Å²) in [7, 11) is -2.41. The van der Waals surface area contributed by atoms with E-state index in [0.29, 0.717) is 35.2 Å². The maximum atomic E-state index is 13.3. The number of nitrogens with zero attached hydrogens (tertiary/aromatic N) is 1. The molecule has 0 saturated carbocycles. The van der Waals surface area contributed by atoms with Crippen LogP contribution in [0.4, 0.5) is 13.2 Å². The third-order valence-electron chi connectivity index (χ3n) is 5.04. The Hall–Kier alpha value is -2.67. The van der Waals surface area contributed by atoms with Crippen LogP contribution in [-0.2, 0) is 14.8 Å². The van der Waals surface area contributed by atoms with Crippen molar-refractivity contribution in [2.45, 2.75) is 24.0 Å². The fourth-order valence-corrected chi connectivity index (χ4v) is 5.59. The number of halogens is 5.